The van der Waals surface area contributed by atoms with E-state index in [1.165, 1.54) is 12.1 Å². The van der Waals surface area contributed by atoms with Crippen LogP contribution in [0.3, 0.4) is 0 Å². The molecule has 0 saturated carbocycles. The SMILES string of the molecule is O=C(Cn1cc(C(F)(F)F)ccc1=O)OCCOc1ccc(Cl)cc1Cl. The van der Waals surface area contributed by atoms with Gasteiger partial charge in [-0.25, -0.2) is 0 Å². The van der Waals surface area contributed by atoms with Crippen molar-refractivity contribution >= 4 is 29.2 Å². The van der Waals surface area contributed by atoms with E-state index in [4.69, 9.17) is 32.7 Å². The van der Waals surface area contributed by atoms with Crippen molar-refractivity contribution in [1.29, 1.82) is 0 Å². The first kappa shape index (κ1) is 20.1. The van der Waals surface area contributed by atoms with Crippen LogP contribution < -0.4 is 10.3 Å². The van der Waals surface area contributed by atoms with Crippen LogP contribution in [0.15, 0.2) is 41.3 Å². The molecule has 1 heterocycles. The average molecular weight is 410 g/mol. The van der Waals surface area contributed by atoms with Crippen LogP contribution >= 0.6 is 23.2 Å². The van der Waals surface area contributed by atoms with Crippen molar-refractivity contribution in [3.05, 3.63) is 62.5 Å². The standard InChI is InChI=1S/C16H12Cl2F3NO4/c17-11-2-3-13(12(18)7-11)25-5-6-26-15(24)9-22-8-10(16(19,20)21)1-4-14(22)23/h1-4,7-8H,5-6,9H2. The van der Waals surface area contributed by atoms with Gasteiger partial charge in [0.15, 0.2) is 0 Å². The topological polar surface area (TPSA) is 57.5 Å². The molecule has 1 aromatic carbocycles. The Morgan fingerprint density at radius 1 is 1.12 bits per heavy atom. The molecule has 5 nitrogen and oxygen atoms in total. The molecule has 0 atom stereocenters. The number of esters is 1. The zero-order chi connectivity index (χ0) is 19.3. The quantitative estimate of drug-likeness (QED) is 0.537. The van der Waals surface area contributed by atoms with E-state index in [1.807, 2.05) is 0 Å². The van der Waals surface area contributed by atoms with Crippen molar-refractivity contribution in [3.63, 3.8) is 0 Å². The molecule has 0 spiro atoms. The number of alkyl halides is 3. The van der Waals surface area contributed by atoms with Crippen LogP contribution in [-0.4, -0.2) is 23.8 Å². The van der Waals surface area contributed by atoms with Crippen LogP contribution in [-0.2, 0) is 22.3 Å². The molecule has 0 N–H and O–H groups in total. The van der Waals surface area contributed by atoms with E-state index < -0.39 is 29.8 Å². The fourth-order valence-electron chi connectivity index (χ4n) is 1.91. The molecule has 0 fully saturated rings. The number of pyridine rings is 1. The summed E-state index contributed by atoms with van der Waals surface area (Å²) >= 11 is 11.6. The molecule has 0 aliphatic carbocycles. The highest BCUT2D eigenvalue weighted by atomic mass is 35.5. The van der Waals surface area contributed by atoms with Gasteiger partial charge in [-0.15, -0.1) is 0 Å². The molecule has 0 unspecified atom stereocenters. The molecule has 2 aromatic rings. The second-order valence-electron chi connectivity index (χ2n) is 5.03. The van der Waals surface area contributed by atoms with Crippen LogP contribution in [0.25, 0.3) is 0 Å². The Morgan fingerprint density at radius 3 is 2.50 bits per heavy atom. The Balaban J connectivity index is 1.86. The van der Waals surface area contributed by atoms with Crippen molar-refractivity contribution in [2.24, 2.45) is 0 Å². The van der Waals surface area contributed by atoms with E-state index in [9.17, 15) is 22.8 Å². The van der Waals surface area contributed by atoms with Gasteiger partial charge in [0.2, 0.25) is 0 Å². The lowest BCUT2D eigenvalue weighted by atomic mass is 10.3. The lowest BCUT2D eigenvalue weighted by molar-refractivity contribution is -0.145. The smallest absolute Gasteiger partial charge is 0.417 e. The molecule has 26 heavy (non-hydrogen) atoms. The van der Waals surface area contributed by atoms with Gasteiger partial charge in [0.25, 0.3) is 5.56 Å². The number of hydrogen-bond acceptors (Lipinski definition) is 4. The summed E-state index contributed by atoms with van der Waals surface area (Å²) in [4.78, 5) is 23.2. The number of halogens is 5. The Bertz CT molecular complexity index is 852. The first-order valence-electron chi connectivity index (χ1n) is 7.18. The van der Waals surface area contributed by atoms with Gasteiger partial charge in [0.1, 0.15) is 25.5 Å². The number of ether oxygens (including phenoxy) is 2. The lowest BCUT2D eigenvalue weighted by Crippen LogP contribution is -2.26. The second kappa shape index (κ2) is 8.46. The van der Waals surface area contributed by atoms with E-state index in [2.05, 4.69) is 0 Å². The predicted octanol–water partition coefficient (Wildman–Crippen LogP) is 3.80. The third kappa shape index (κ3) is 5.67. The molecule has 10 heteroatoms. The number of hydrogen-bond donors (Lipinski definition) is 0. The summed E-state index contributed by atoms with van der Waals surface area (Å²) in [6.07, 6.45) is -4.06. The van der Waals surface area contributed by atoms with Crippen molar-refractivity contribution in [2.45, 2.75) is 12.7 Å². The van der Waals surface area contributed by atoms with Crippen molar-refractivity contribution in [3.8, 4) is 5.75 Å². The average Bonchev–Trinajstić information content (AvgIpc) is 2.54. The van der Waals surface area contributed by atoms with Gasteiger partial charge in [0.05, 0.1) is 10.6 Å². The second-order valence-corrected chi connectivity index (χ2v) is 5.87. The molecule has 0 saturated heterocycles. The van der Waals surface area contributed by atoms with Crippen LogP contribution in [0.2, 0.25) is 10.0 Å². The van der Waals surface area contributed by atoms with Gasteiger partial charge in [-0.05, 0) is 24.3 Å². The summed E-state index contributed by atoms with van der Waals surface area (Å²) in [5.74, 6) is -0.543. The van der Waals surface area contributed by atoms with E-state index >= 15 is 0 Å². The van der Waals surface area contributed by atoms with E-state index in [0.29, 0.717) is 27.6 Å². The van der Waals surface area contributed by atoms with Gasteiger partial charge in [-0.2, -0.15) is 13.2 Å². The highest BCUT2D eigenvalue weighted by Crippen LogP contribution is 2.28. The Labute approximate surface area is 155 Å². The number of aromatic nitrogens is 1. The maximum Gasteiger partial charge on any atom is 0.417 e. The number of carbonyl (C=O) groups is 1. The molecular weight excluding hydrogens is 398 g/mol. The highest BCUT2D eigenvalue weighted by Gasteiger charge is 2.31. The minimum atomic E-state index is -4.62. The number of carbonyl (C=O) groups excluding carboxylic acids is 1. The summed E-state index contributed by atoms with van der Waals surface area (Å²) in [5, 5.41) is 0.708. The monoisotopic (exact) mass is 409 g/mol. The molecule has 2 rings (SSSR count). The summed E-state index contributed by atoms with van der Waals surface area (Å²) in [5.41, 5.74) is -1.79. The minimum absolute atomic E-state index is 0.0371. The molecule has 0 radical (unpaired) electrons. The van der Waals surface area contributed by atoms with E-state index in [0.717, 1.165) is 6.07 Å². The van der Waals surface area contributed by atoms with Gasteiger partial charge in [-0.1, -0.05) is 23.2 Å². The predicted molar refractivity (Wildman–Crippen MR) is 88.6 cm³/mol. The van der Waals surface area contributed by atoms with Crippen LogP contribution in [0.1, 0.15) is 5.56 Å². The van der Waals surface area contributed by atoms with Crippen molar-refractivity contribution in [2.75, 3.05) is 13.2 Å². The third-order valence-corrected chi connectivity index (χ3v) is 3.64. The van der Waals surface area contributed by atoms with Crippen LogP contribution in [0, 0.1) is 0 Å². The fourth-order valence-corrected chi connectivity index (χ4v) is 2.37. The van der Waals surface area contributed by atoms with Crippen LogP contribution in [0.5, 0.6) is 5.75 Å². The minimum Gasteiger partial charge on any atom is -0.488 e. The van der Waals surface area contributed by atoms with Gasteiger partial charge < -0.3 is 14.0 Å². The van der Waals surface area contributed by atoms with Crippen molar-refractivity contribution < 1.29 is 27.4 Å². The molecule has 0 aliphatic heterocycles. The number of benzene rings is 1. The zero-order valence-corrected chi connectivity index (χ0v) is 14.6. The Morgan fingerprint density at radius 2 is 1.85 bits per heavy atom. The Kier molecular flexibility index (Phi) is 6.55. The van der Waals surface area contributed by atoms with Gasteiger partial charge in [0, 0.05) is 17.3 Å². The zero-order valence-electron chi connectivity index (χ0n) is 13.1. The third-order valence-electron chi connectivity index (χ3n) is 3.11. The Hall–Kier alpha value is -2.19. The van der Waals surface area contributed by atoms with Crippen molar-refractivity contribution in [1.82, 2.24) is 4.57 Å². The maximum atomic E-state index is 12.6. The van der Waals surface area contributed by atoms with Gasteiger partial charge in [-0.3, -0.25) is 9.59 Å². The molecule has 0 bridgehead atoms. The molecule has 0 aliphatic rings. The molecule has 0 amide bonds. The van der Waals surface area contributed by atoms with E-state index in [-0.39, 0.29) is 18.2 Å². The first-order chi connectivity index (χ1) is 12.2. The highest BCUT2D eigenvalue weighted by molar-refractivity contribution is 6.35. The molecule has 1 aromatic heterocycles. The summed E-state index contributed by atoms with van der Waals surface area (Å²) < 4.78 is 48.7. The van der Waals surface area contributed by atoms with Gasteiger partial charge >= 0.3 is 12.1 Å². The maximum absolute atomic E-state index is 12.6. The fraction of sp³-hybridized carbons (Fsp3) is 0.250. The number of rotatable bonds is 6. The number of nitrogens with zero attached hydrogens (tertiary/aromatic N) is 1. The van der Waals surface area contributed by atoms with E-state index in [1.54, 1.807) is 6.07 Å². The lowest BCUT2D eigenvalue weighted by Gasteiger charge is -2.11. The summed E-state index contributed by atoms with van der Waals surface area (Å²) in [7, 11) is 0. The largest absolute Gasteiger partial charge is 0.488 e. The summed E-state index contributed by atoms with van der Waals surface area (Å²) in [6, 6.07) is 5.96. The molecular formula is C16H12Cl2F3NO4. The molecule has 140 valence electrons. The normalized spacial score (nSPS) is 11.3. The summed E-state index contributed by atoms with van der Waals surface area (Å²) in [6.45, 7) is -0.861. The first-order valence-corrected chi connectivity index (χ1v) is 7.93. The van der Waals surface area contributed by atoms with Crippen LogP contribution in [0.4, 0.5) is 13.2 Å².